The molecule has 0 saturated heterocycles. The molecule has 0 bridgehead atoms. The average molecular weight is 309 g/mol. The monoisotopic (exact) mass is 308 g/mol. The molecule has 0 aromatic rings. The summed E-state index contributed by atoms with van der Waals surface area (Å²) >= 11 is 0. The second-order valence-corrected chi connectivity index (χ2v) is 2.80. The van der Waals surface area contributed by atoms with E-state index in [0.717, 1.165) is 0 Å². The lowest BCUT2D eigenvalue weighted by Gasteiger charge is -1.98. The molecule has 0 aromatic heterocycles. The smallest absolute Gasteiger partial charge is 0.0237 e. The van der Waals surface area contributed by atoms with Gasteiger partial charge in [-0.3, -0.25) is 0 Å². The largest absolute Gasteiger partial charge is 0.0991 e. The van der Waals surface area contributed by atoms with E-state index >= 15 is 0 Å². The SMILES string of the molecule is C.C=CC(=C/C=C\C)/C(C)=C\C.C=CC=C.CC.CC.CC. The molecular weight excluding hydrogens is 264 g/mol. The van der Waals surface area contributed by atoms with Gasteiger partial charge in [0, 0.05) is 0 Å². The van der Waals surface area contributed by atoms with Crippen molar-refractivity contribution in [2.45, 2.75) is 69.7 Å². The minimum Gasteiger partial charge on any atom is -0.0991 e. The third-order valence-corrected chi connectivity index (χ3v) is 1.74. The van der Waals surface area contributed by atoms with Crippen LogP contribution in [0.5, 0.6) is 0 Å². The predicted molar refractivity (Wildman–Crippen MR) is 114 cm³/mol. The third kappa shape index (κ3) is 42.9. The van der Waals surface area contributed by atoms with E-state index in [4.69, 9.17) is 0 Å². The van der Waals surface area contributed by atoms with Crippen molar-refractivity contribution in [1.82, 2.24) is 0 Å². The molecule has 0 nitrogen and oxygen atoms in total. The highest BCUT2D eigenvalue weighted by molar-refractivity contribution is 5.39. The van der Waals surface area contributed by atoms with Crippen molar-refractivity contribution in [3.63, 3.8) is 0 Å². The normalized spacial score (nSPS) is 8.77. The van der Waals surface area contributed by atoms with Crippen LogP contribution in [-0.4, -0.2) is 0 Å². The highest BCUT2D eigenvalue weighted by atomic mass is 13.9. The lowest BCUT2D eigenvalue weighted by Crippen LogP contribution is -1.77. The summed E-state index contributed by atoms with van der Waals surface area (Å²) in [5.41, 5.74) is 2.45. The van der Waals surface area contributed by atoms with Gasteiger partial charge in [-0.05, 0) is 31.9 Å². The van der Waals surface area contributed by atoms with Gasteiger partial charge in [-0.2, -0.15) is 0 Å². The Balaban J connectivity index is -0.0000000490. The zero-order chi connectivity index (χ0) is 18.1. The van der Waals surface area contributed by atoms with Crippen molar-refractivity contribution >= 4 is 0 Å². The lowest BCUT2D eigenvalue weighted by atomic mass is 10.1. The van der Waals surface area contributed by atoms with Crippen LogP contribution in [0.3, 0.4) is 0 Å². The van der Waals surface area contributed by atoms with Crippen LogP contribution in [0.2, 0.25) is 0 Å². The molecule has 0 N–H and O–H groups in total. The summed E-state index contributed by atoms with van der Waals surface area (Å²) in [6.45, 7) is 28.6. The molecule has 0 fully saturated rings. The molecule has 0 aliphatic rings. The molecular formula is C22H44. The first-order chi connectivity index (χ1) is 10.2. The Hall–Kier alpha value is -1.56. The highest BCUT2D eigenvalue weighted by Gasteiger charge is 1.89. The third-order valence-electron chi connectivity index (χ3n) is 1.74. The van der Waals surface area contributed by atoms with Crippen LogP contribution in [0, 0.1) is 0 Å². The summed E-state index contributed by atoms with van der Waals surface area (Å²) in [7, 11) is 0. The Morgan fingerprint density at radius 2 is 1.14 bits per heavy atom. The fourth-order valence-corrected chi connectivity index (χ4v) is 0.727. The molecule has 0 saturated carbocycles. The summed E-state index contributed by atoms with van der Waals surface area (Å²) in [5.74, 6) is 0. The first-order valence-electron chi connectivity index (χ1n) is 8.00. The Labute approximate surface area is 143 Å². The summed E-state index contributed by atoms with van der Waals surface area (Å²) in [6.07, 6.45) is 13.3. The van der Waals surface area contributed by atoms with Gasteiger partial charge >= 0.3 is 0 Å². The lowest BCUT2D eigenvalue weighted by molar-refractivity contribution is 1.40. The average Bonchev–Trinajstić information content (AvgIpc) is 2.60. The molecule has 0 atom stereocenters. The van der Waals surface area contributed by atoms with E-state index in [1.807, 2.05) is 73.6 Å². The molecule has 0 heteroatoms. The van der Waals surface area contributed by atoms with Gasteiger partial charge in [-0.25, -0.2) is 0 Å². The maximum atomic E-state index is 3.74. The van der Waals surface area contributed by atoms with E-state index in [1.165, 1.54) is 11.1 Å². The second kappa shape index (κ2) is 50.5. The van der Waals surface area contributed by atoms with Gasteiger partial charge in [0.25, 0.3) is 0 Å². The number of rotatable bonds is 4. The van der Waals surface area contributed by atoms with Crippen molar-refractivity contribution in [3.8, 4) is 0 Å². The van der Waals surface area contributed by atoms with Gasteiger partial charge < -0.3 is 0 Å². The zero-order valence-electron chi connectivity index (χ0n) is 16.2. The Morgan fingerprint density at radius 1 is 0.773 bits per heavy atom. The van der Waals surface area contributed by atoms with E-state index in [2.05, 4.69) is 38.8 Å². The van der Waals surface area contributed by atoms with Crippen molar-refractivity contribution in [1.29, 1.82) is 0 Å². The van der Waals surface area contributed by atoms with Crippen LogP contribution in [0.4, 0.5) is 0 Å². The first-order valence-corrected chi connectivity index (χ1v) is 8.00. The van der Waals surface area contributed by atoms with Gasteiger partial charge in [0.1, 0.15) is 0 Å². The first kappa shape index (κ1) is 37.0. The summed E-state index contributed by atoms with van der Waals surface area (Å²) in [6, 6.07) is 0. The van der Waals surface area contributed by atoms with E-state index in [0.29, 0.717) is 0 Å². The Kier molecular flexibility index (Phi) is 85.1. The van der Waals surface area contributed by atoms with Crippen LogP contribution in [0.15, 0.2) is 73.4 Å². The van der Waals surface area contributed by atoms with Crippen LogP contribution < -0.4 is 0 Å². The van der Waals surface area contributed by atoms with Crippen molar-refractivity contribution in [3.05, 3.63) is 73.4 Å². The maximum absolute atomic E-state index is 3.74. The van der Waals surface area contributed by atoms with Crippen molar-refractivity contribution in [2.24, 2.45) is 0 Å². The molecule has 0 spiro atoms. The van der Waals surface area contributed by atoms with Gasteiger partial charge in [-0.1, -0.05) is 111 Å². The molecule has 0 aliphatic heterocycles. The van der Waals surface area contributed by atoms with Crippen LogP contribution in [-0.2, 0) is 0 Å². The molecule has 0 radical (unpaired) electrons. The Bertz CT molecular complexity index is 266. The molecule has 132 valence electrons. The minimum absolute atomic E-state index is 0. The number of hydrogen-bond acceptors (Lipinski definition) is 0. The van der Waals surface area contributed by atoms with E-state index in [1.54, 1.807) is 12.2 Å². The standard InChI is InChI=1S/C11H16.C4H6.3C2H6.CH4/c1-5-8-9-11(7-3)10(4)6-2;1-3-4-2;3*1-2;/h5-9H,3H2,1-2,4H3;3-4H,1-2H2;3*1-2H3;1H4/b8-5-,10-6-,11-9-;;;;;. The summed E-state index contributed by atoms with van der Waals surface area (Å²) < 4.78 is 0. The highest BCUT2D eigenvalue weighted by Crippen LogP contribution is 2.09. The molecule has 0 heterocycles. The van der Waals surface area contributed by atoms with Crippen molar-refractivity contribution in [2.75, 3.05) is 0 Å². The minimum atomic E-state index is 0. The predicted octanol–water partition coefficient (Wildman–Crippen LogP) is 8.71. The van der Waals surface area contributed by atoms with E-state index in [-0.39, 0.29) is 7.43 Å². The van der Waals surface area contributed by atoms with Crippen LogP contribution in [0.25, 0.3) is 0 Å². The molecule has 0 aliphatic carbocycles. The fourth-order valence-electron chi connectivity index (χ4n) is 0.727. The zero-order valence-corrected chi connectivity index (χ0v) is 16.2. The quantitative estimate of drug-likeness (QED) is 0.455. The second-order valence-electron chi connectivity index (χ2n) is 2.80. The maximum Gasteiger partial charge on any atom is -0.0237 e. The Morgan fingerprint density at radius 3 is 1.32 bits per heavy atom. The summed E-state index contributed by atoms with van der Waals surface area (Å²) in [4.78, 5) is 0. The molecule has 0 rings (SSSR count). The molecule has 0 unspecified atom stereocenters. The number of allylic oxidation sites excluding steroid dienone is 9. The molecule has 22 heavy (non-hydrogen) atoms. The van der Waals surface area contributed by atoms with Crippen molar-refractivity contribution < 1.29 is 0 Å². The summed E-state index contributed by atoms with van der Waals surface area (Å²) in [5, 5.41) is 0. The molecule has 0 aromatic carbocycles. The topological polar surface area (TPSA) is 0 Å². The molecule has 0 amide bonds. The van der Waals surface area contributed by atoms with Crippen LogP contribution in [0.1, 0.15) is 69.7 Å². The van der Waals surface area contributed by atoms with E-state index in [9.17, 15) is 0 Å². The van der Waals surface area contributed by atoms with E-state index < -0.39 is 0 Å². The fraction of sp³-hybridized carbons (Fsp3) is 0.455. The van der Waals surface area contributed by atoms with Gasteiger partial charge in [-0.15, -0.1) is 0 Å². The van der Waals surface area contributed by atoms with Crippen LogP contribution >= 0.6 is 0 Å². The van der Waals surface area contributed by atoms with Gasteiger partial charge in [0.2, 0.25) is 0 Å². The van der Waals surface area contributed by atoms with Gasteiger partial charge in [0.05, 0.1) is 0 Å². The number of hydrogen-bond donors (Lipinski definition) is 0. The van der Waals surface area contributed by atoms with Gasteiger partial charge in [0.15, 0.2) is 0 Å².